The number of benzene rings is 1. The van der Waals surface area contributed by atoms with Crippen LogP contribution in [0.3, 0.4) is 0 Å². The van der Waals surface area contributed by atoms with Gasteiger partial charge in [0.2, 0.25) is 10.0 Å². The molecule has 0 spiro atoms. The molecule has 1 aliphatic rings. The van der Waals surface area contributed by atoms with Crippen molar-refractivity contribution in [3.05, 3.63) is 29.3 Å². The quantitative estimate of drug-likeness (QED) is 0.810. The normalized spacial score (nSPS) is 24.0. The first-order chi connectivity index (χ1) is 9.73. The number of thiocarbonyl (C=S) groups is 1. The predicted octanol–water partition coefficient (Wildman–Crippen LogP) is 1.02. The molecule has 0 aromatic heterocycles. The predicted molar refractivity (Wildman–Crippen MR) is 85.6 cm³/mol. The molecule has 1 saturated heterocycles. The lowest BCUT2D eigenvalue weighted by Crippen LogP contribution is -2.45. The highest BCUT2D eigenvalue weighted by Crippen LogP contribution is 2.26. The van der Waals surface area contributed by atoms with Crippen LogP contribution in [-0.4, -0.2) is 42.0 Å². The second-order valence-corrected chi connectivity index (χ2v) is 7.89. The maximum Gasteiger partial charge on any atom is 0.243 e. The van der Waals surface area contributed by atoms with Gasteiger partial charge in [-0.3, -0.25) is 0 Å². The third kappa shape index (κ3) is 3.26. The highest BCUT2D eigenvalue weighted by atomic mass is 32.2. The van der Waals surface area contributed by atoms with E-state index in [1.54, 1.807) is 19.1 Å². The zero-order chi connectivity index (χ0) is 15.8. The van der Waals surface area contributed by atoms with Gasteiger partial charge in [-0.1, -0.05) is 31.3 Å². The number of aryl methyl sites for hydroxylation is 1. The highest BCUT2D eigenvalue weighted by Gasteiger charge is 2.33. The van der Waals surface area contributed by atoms with Crippen LogP contribution in [0.1, 0.15) is 24.5 Å². The molecule has 5 nitrogen and oxygen atoms in total. The Kier molecular flexibility index (Phi) is 4.67. The molecule has 2 atom stereocenters. The number of aliphatic hydroxyl groups is 1. The minimum Gasteiger partial charge on any atom is -0.391 e. The molecule has 2 rings (SSSR count). The molecule has 1 fully saturated rings. The fourth-order valence-corrected chi connectivity index (χ4v) is 4.26. The molecule has 0 radical (unpaired) electrons. The standard InChI is InChI=1S/C14H20N2O3S2/c1-9-5-6-16(8-12(9)17)21(18,19)13-7-11(14(15)20)4-3-10(13)2/h3-4,7,9,12,17H,5-6,8H2,1-2H3,(H2,15,20). The van der Waals surface area contributed by atoms with Crippen molar-refractivity contribution < 1.29 is 13.5 Å². The van der Waals surface area contributed by atoms with Crippen LogP contribution in [0.4, 0.5) is 0 Å². The smallest absolute Gasteiger partial charge is 0.243 e. The van der Waals surface area contributed by atoms with Gasteiger partial charge in [0.25, 0.3) is 0 Å². The van der Waals surface area contributed by atoms with E-state index in [0.29, 0.717) is 24.1 Å². The van der Waals surface area contributed by atoms with E-state index in [1.165, 1.54) is 10.4 Å². The molecule has 1 aliphatic heterocycles. The van der Waals surface area contributed by atoms with E-state index >= 15 is 0 Å². The summed E-state index contributed by atoms with van der Waals surface area (Å²) in [4.78, 5) is 0.369. The average Bonchev–Trinajstić information content (AvgIpc) is 2.41. The van der Waals surface area contributed by atoms with Crippen molar-refractivity contribution in [1.29, 1.82) is 0 Å². The maximum atomic E-state index is 12.8. The van der Waals surface area contributed by atoms with E-state index in [1.807, 2.05) is 6.92 Å². The third-order valence-electron chi connectivity index (χ3n) is 3.97. The molecule has 7 heteroatoms. The summed E-state index contributed by atoms with van der Waals surface area (Å²) in [5.74, 6) is 0.112. The molecule has 3 N–H and O–H groups in total. The van der Waals surface area contributed by atoms with Crippen LogP contribution < -0.4 is 5.73 Å². The number of nitrogens with zero attached hydrogens (tertiary/aromatic N) is 1. The molecule has 0 saturated carbocycles. The van der Waals surface area contributed by atoms with Gasteiger partial charge in [0.05, 0.1) is 11.0 Å². The largest absolute Gasteiger partial charge is 0.391 e. The van der Waals surface area contributed by atoms with Crippen molar-refractivity contribution in [2.75, 3.05) is 13.1 Å². The van der Waals surface area contributed by atoms with Gasteiger partial charge in [-0.2, -0.15) is 4.31 Å². The average molecular weight is 328 g/mol. The Balaban J connectivity index is 2.40. The third-order valence-corrected chi connectivity index (χ3v) is 6.21. The molecule has 0 bridgehead atoms. The second-order valence-electron chi connectivity index (χ2n) is 5.54. The lowest BCUT2D eigenvalue weighted by molar-refractivity contribution is 0.0605. The Bertz CT molecular complexity index is 658. The van der Waals surface area contributed by atoms with Crippen molar-refractivity contribution >= 4 is 27.2 Å². The molecule has 2 unspecified atom stereocenters. The summed E-state index contributed by atoms with van der Waals surface area (Å²) in [6.45, 7) is 4.20. The molecule has 1 aromatic carbocycles. The van der Waals surface area contributed by atoms with Gasteiger partial charge in [-0.15, -0.1) is 0 Å². The molecule has 21 heavy (non-hydrogen) atoms. The molecule has 1 heterocycles. The first-order valence-electron chi connectivity index (χ1n) is 6.82. The van der Waals surface area contributed by atoms with Crippen LogP contribution in [-0.2, 0) is 10.0 Å². The van der Waals surface area contributed by atoms with Crippen LogP contribution in [0, 0.1) is 12.8 Å². The Morgan fingerprint density at radius 1 is 1.48 bits per heavy atom. The number of hydrogen-bond donors (Lipinski definition) is 2. The SMILES string of the molecule is Cc1ccc(C(N)=S)cc1S(=O)(=O)N1CCC(C)C(O)C1. The van der Waals surface area contributed by atoms with Gasteiger partial charge in [0.15, 0.2) is 0 Å². The van der Waals surface area contributed by atoms with Crippen molar-refractivity contribution in [2.24, 2.45) is 11.7 Å². The number of β-amino-alcohol motifs (C(OH)–C–C–N with tert-alkyl or cyclic N) is 1. The van der Waals surface area contributed by atoms with Crippen LogP contribution >= 0.6 is 12.2 Å². The number of hydrogen-bond acceptors (Lipinski definition) is 4. The fourth-order valence-electron chi connectivity index (χ4n) is 2.41. The molecule has 0 amide bonds. The molecular weight excluding hydrogens is 308 g/mol. The van der Waals surface area contributed by atoms with Crippen molar-refractivity contribution in [3.63, 3.8) is 0 Å². The minimum absolute atomic E-state index is 0.112. The summed E-state index contributed by atoms with van der Waals surface area (Å²) in [5, 5.41) is 9.92. The lowest BCUT2D eigenvalue weighted by Gasteiger charge is -2.33. The zero-order valence-corrected chi connectivity index (χ0v) is 13.7. The van der Waals surface area contributed by atoms with Gasteiger partial charge < -0.3 is 10.8 Å². The Morgan fingerprint density at radius 3 is 2.71 bits per heavy atom. The number of rotatable bonds is 3. The van der Waals surface area contributed by atoms with E-state index in [9.17, 15) is 13.5 Å². The summed E-state index contributed by atoms with van der Waals surface area (Å²) < 4.78 is 26.9. The Morgan fingerprint density at radius 2 is 2.14 bits per heavy atom. The summed E-state index contributed by atoms with van der Waals surface area (Å²) in [6.07, 6.45) is 0.0154. The molecular formula is C14H20N2O3S2. The topological polar surface area (TPSA) is 83.6 Å². The maximum absolute atomic E-state index is 12.8. The van der Waals surface area contributed by atoms with Gasteiger partial charge in [0, 0.05) is 18.7 Å². The lowest BCUT2D eigenvalue weighted by atomic mass is 9.98. The first-order valence-corrected chi connectivity index (χ1v) is 8.67. The summed E-state index contributed by atoms with van der Waals surface area (Å²) in [5.41, 5.74) is 6.75. The van der Waals surface area contributed by atoms with E-state index in [2.05, 4.69) is 0 Å². The molecule has 116 valence electrons. The highest BCUT2D eigenvalue weighted by molar-refractivity contribution is 7.89. The summed E-state index contributed by atoms with van der Waals surface area (Å²) in [6, 6.07) is 4.92. The Hall–Kier alpha value is -1.02. The van der Waals surface area contributed by atoms with Crippen molar-refractivity contribution in [3.8, 4) is 0 Å². The van der Waals surface area contributed by atoms with Crippen molar-refractivity contribution in [1.82, 2.24) is 4.31 Å². The molecule has 0 aliphatic carbocycles. The van der Waals surface area contributed by atoms with Gasteiger partial charge in [-0.25, -0.2) is 8.42 Å². The van der Waals surface area contributed by atoms with Crippen LogP contribution in [0.2, 0.25) is 0 Å². The summed E-state index contributed by atoms with van der Waals surface area (Å²) in [7, 11) is -3.65. The first kappa shape index (κ1) is 16.4. The number of nitrogens with two attached hydrogens (primary N) is 1. The van der Waals surface area contributed by atoms with E-state index in [-0.39, 0.29) is 22.3 Å². The van der Waals surface area contributed by atoms with E-state index < -0.39 is 16.1 Å². The van der Waals surface area contributed by atoms with Crippen LogP contribution in [0.25, 0.3) is 0 Å². The second kappa shape index (κ2) is 6.00. The molecule has 1 aromatic rings. The van der Waals surface area contributed by atoms with Gasteiger partial charge in [-0.05, 0) is 30.9 Å². The van der Waals surface area contributed by atoms with E-state index in [0.717, 1.165) is 0 Å². The zero-order valence-electron chi connectivity index (χ0n) is 12.1. The number of piperidine rings is 1. The van der Waals surface area contributed by atoms with Crippen LogP contribution in [0.5, 0.6) is 0 Å². The minimum atomic E-state index is -3.65. The van der Waals surface area contributed by atoms with Crippen LogP contribution in [0.15, 0.2) is 23.1 Å². The Labute approximate surface area is 130 Å². The summed E-state index contributed by atoms with van der Waals surface area (Å²) >= 11 is 4.91. The number of aliphatic hydroxyl groups excluding tert-OH is 1. The number of sulfonamides is 1. The van der Waals surface area contributed by atoms with Crippen molar-refractivity contribution in [2.45, 2.75) is 31.3 Å². The van der Waals surface area contributed by atoms with Gasteiger partial charge >= 0.3 is 0 Å². The van der Waals surface area contributed by atoms with E-state index in [4.69, 9.17) is 18.0 Å². The fraction of sp³-hybridized carbons (Fsp3) is 0.500. The van der Waals surface area contributed by atoms with Gasteiger partial charge in [0.1, 0.15) is 4.99 Å². The monoisotopic (exact) mass is 328 g/mol.